The van der Waals surface area contributed by atoms with Crippen LogP contribution in [0.15, 0.2) is 24.4 Å². The zero-order chi connectivity index (χ0) is 9.68. The van der Waals surface area contributed by atoms with Gasteiger partial charge in [-0.15, -0.1) is 0 Å². The van der Waals surface area contributed by atoms with E-state index in [2.05, 4.69) is 0 Å². The Balaban J connectivity index is 0.00000169. The van der Waals surface area contributed by atoms with Crippen molar-refractivity contribution in [2.24, 2.45) is 0 Å². The molecule has 0 amide bonds. The molecular weight excluding hydrogens is 269 g/mol. The number of nitrogens with zero attached hydrogens (tertiary/aromatic N) is 1. The van der Waals surface area contributed by atoms with Crippen LogP contribution >= 0.6 is 11.6 Å². The van der Waals surface area contributed by atoms with Crippen molar-refractivity contribution in [1.29, 1.82) is 0 Å². The minimum absolute atomic E-state index is 0. The molecule has 0 aliphatic carbocycles. The number of hydrogen-bond donors (Lipinski definition) is 0. The first-order valence-electron chi connectivity index (χ1n) is 4.03. The molecule has 0 aliphatic rings. The average molecular weight is 281 g/mol. The molecule has 3 nitrogen and oxygen atoms in total. The maximum absolute atomic E-state index is 11.1. The third kappa shape index (κ3) is 4.07. The van der Waals surface area contributed by atoms with E-state index in [0.717, 1.165) is 0 Å². The fraction of sp³-hybridized carbons (Fsp3) is 0.333. The third-order valence-corrected chi connectivity index (χ3v) is 1.83. The van der Waals surface area contributed by atoms with Crippen LogP contribution in [-0.4, -0.2) is 12.6 Å². The van der Waals surface area contributed by atoms with Gasteiger partial charge >= 0.3 is 5.97 Å². The van der Waals surface area contributed by atoms with Gasteiger partial charge in [0.15, 0.2) is 6.20 Å². The molecule has 1 aromatic heterocycles. The fourth-order valence-electron chi connectivity index (χ4n) is 0.929. The van der Waals surface area contributed by atoms with Crippen LogP contribution < -0.4 is 21.5 Å². The molecule has 0 unspecified atom stereocenters. The van der Waals surface area contributed by atoms with Crippen LogP contribution in [0.2, 0.25) is 5.15 Å². The van der Waals surface area contributed by atoms with E-state index in [1.54, 1.807) is 23.8 Å². The van der Waals surface area contributed by atoms with Crippen LogP contribution in [0.1, 0.15) is 6.92 Å². The summed E-state index contributed by atoms with van der Waals surface area (Å²) in [6.07, 6.45) is 1.74. The summed E-state index contributed by atoms with van der Waals surface area (Å²) in [4.78, 5) is 11.1. The standard InChI is InChI=1S/C9H11ClNO2.BrH/c1-2-13-9(12)7-11-6-4-3-5-8(11)10;/h3-6H,2,7H2,1H3;1H/q+1;/p-1. The molecule has 0 aromatic carbocycles. The highest BCUT2D eigenvalue weighted by Gasteiger charge is 2.12. The minimum Gasteiger partial charge on any atom is -1.00 e. The predicted molar refractivity (Wildman–Crippen MR) is 48.3 cm³/mol. The van der Waals surface area contributed by atoms with E-state index < -0.39 is 0 Å². The van der Waals surface area contributed by atoms with Crippen molar-refractivity contribution in [3.8, 4) is 0 Å². The second-order valence-electron chi connectivity index (χ2n) is 2.46. The normalized spacial score (nSPS) is 9.00. The van der Waals surface area contributed by atoms with Crippen molar-refractivity contribution in [2.45, 2.75) is 13.5 Å². The van der Waals surface area contributed by atoms with Crippen LogP contribution in [0.25, 0.3) is 0 Å². The van der Waals surface area contributed by atoms with Gasteiger partial charge in [-0.25, -0.2) is 4.79 Å². The molecule has 5 heteroatoms. The van der Waals surface area contributed by atoms with E-state index in [0.29, 0.717) is 11.8 Å². The lowest BCUT2D eigenvalue weighted by molar-refractivity contribution is -0.683. The van der Waals surface area contributed by atoms with Crippen molar-refractivity contribution in [2.75, 3.05) is 6.61 Å². The van der Waals surface area contributed by atoms with Crippen LogP contribution in [0.5, 0.6) is 0 Å². The smallest absolute Gasteiger partial charge is 0.372 e. The Morgan fingerprint density at radius 2 is 2.29 bits per heavy atom. The molecular formula is C9H11BrClNO2. The number of carbonyl (C=O) groups is 1. The maximum atomic E-state index is 11.1. The van der Waals surface area contributed by atoms with Gasteiger partial charge in [-0.1, -0.05) is 0 Å². The Morgan fingerprint density at radius 3 is 2.86 bits per heavy atom. The van der Waals surface area contributed by atoms with E-state index in [9.17, 15) is 4.79 Å². The molecule has 78 valence electrons. The van der Waals surface area contributed by atoms with Gasteiger partial charge in [-0.2, -0.15) is 4.57 Å². The van der Waals surface area contributed by atoms with Crippen molar-refractivity contribution < 1.29 is 31.1 Å². The first kappa shape index (κ1) is 13.4. The summed E-state index contributed by atoms with van der Waals surface area (Å²) in [5, 5.41) is 0.524. The lowest BCUT2D eigenvalue weighted by Crippen LogP contribution is -3.00. The summed E-state index contributed by atoms with van der Waals surface area (Å²) in [7, 11) is 0. The minimum atomic E-state index is -0.277. The SMILES string of the molecule is CCOC(=O)C[n+]1ccccc1Cl.[Br-]. The van der Waals surface area contributed by atoms with Crippen molar-refractivity contribution >= 4 is 17.6 Å². The fourth-order valence-corrected chi connectivity index (χ4v) is 1.12. The first-order chi connectivity index (χ1) is 6.24. The molecule has 1 heterocycles. The summed E-state index contributed by atoms with van der Waals surface area (Å²) in [5.74, 6) is -0.277. The number of hydrogen-bond acceptors (Lipinski definition) is 2. The van der Waals surface area contributed by atoms with Crippen LogP contribution in [0, 0.1) is 0 Å². The lowest BCUT2D eigenvalue weighted by Gasteiger charge is -1.98. The third-order valence-electron chi connectivity index (χ3n) is 1.49. The van der Waals surface area contributed by atoms with E-state index in [1.807, 2.05) is 12.1 Å². The highest BCUT2D eigenvalue weighted by Crippen LogP contribution is 1.98. The number of ether oxygens (including phenoxy) is 1. The summed E-state index contributed by atoms with van der Waals surface area (Å²) in [6, 6.07) is 5.34. The van der Waals surface area contributed by atoms with Crippen molar-refractivity contribution in [3.05, 3.63) is 29.5 Å². The van der Waals surface area contributed by atoms with Crippen LogP contribution in [-0.2, 0) is 16.1 Å². The van der Waals surface area contributed by atoms with Crippen LogP contribution in [0.3, 0.4) is 0 Å². The zero-order valence-electron chi connectivity index (χ0n) is 7.74. The number of rotatable bonds is 3. The van der Waals surface area contributed by atoms with Gasteiger partial charge in [-0.05, 0) is 24.6 Å². The second kappa shape index (κ2) is 6.79. The summed E-state index contributed by atoms with van der Waals surface area (Å²) in [5.41, 5.74) is 0. The Kier molecular flexibility index (Phi) is 6.49. The molecule has 0 N–H and O–H groups in total. The Hall–Kier alpha value is -0.610. The molecule has 0 saturated carbocycles. The van der Waals surface area contributed by atoms with Crippen molar-refractivity contribution in [1.82, 2.24) is 0 Å². The molecule has 1 aromatic rings. The molecule has 0 bridgehead atoms. The van der Waals surface area contributed by atoms with E-state index in [4.69, 9.17) is 16.3 Å². The van der Waals surface area contributed by atoms with Gasteiger partial charge in [0.05, 0.1) is 6.61 Å². The van der Waals surface area contributed by atoms with E-state index in [-0.39, 0.29) is 29.5 Å². The Labute approximate surface area is 98.4 Å². The van der Waals surface area contributed by atoms with Crippen LogP contribution in [0.4, 0.5) is 0 Å². The van der Waals surface area contributed by atoms with E-state index >= 15 is 0 Å². The highest BCUT2D eigenvalue weighted by atomic mass is 79.9. The second-order valence-corrected chi connectivity index (χ2v) is 2.84. The maximum Gasteiger partial charge on any atom is 0.372 e. The summed E-state index contributed by atoms with van der Waals surface area (Å²) < 4.78 is 6.41. The Morgan fingerprint density at radius 1 is 1.57 bits per heavy atom. The first-order valence-corrected chi connectivity index (χ1v) is 4.41. The summed E-state index contributed by atoms with van der Waals surface area (Å²) >= 11 is 5.82. The molecule has 0 fully saturated rings. The van der Waals surface area contributed by atoms with Crippen molar-refractivity contribution in [3.63, 3.8) is 0 Å². The largest absolute Gasteiger partial charge is 1.00 e. The van der Waals surface area contributed by atoms with Gasteiger partial charge in [0.25, 0.3) is 5.15 Å². The molecule has 14 heavy (non-hydrogen) atoms. The number of halogens is 2. The molecule has 0 aliphatic heterocycles. The zero-order valence-corrected chi connectivity index (χ0v) is 10.1. The molecule has 0 spiro atoms. The van der Waals surface area contributed by atoms with Gasteiger partial charge in [0, 0.05) is 12.1 Å². The Bertz CT molecular complexity index is 307. The molecule has 0 radical (unpaired) electrons. The van der Waals surface area contributed by atoms with Gasteiger partial charge < -0.3 is 21.7 Å². The van der Waals surface area contributed by atoms with E-state index in [1.165, 1.54) is 0 Å². The lowest BCUT2D eigenvalue weighted by atomic mass is 10.5. The summed E-state index contributed by atoms with van der Waals surface area (Å²) in [6.45, 7) is 2.33. The topological polar surface area (TPSA) is 30.2 Å². The molecule has 0 saturated heterocycles. The average Bonchev–Trinajstić information content (AvgIpc) is 2.09. The number of esters is 1. The molecule has 0 atom stereocenters. The van der Waals surface area contributed by atoms with Gasteiger partial charge in [0.1, 0.15) is 0 Å². The monoisotopic (exact) mass is 279 g/mol. The molecule has 1 rings (SSSR count). The van der Waals surface area contributed by atoms with Gasteiger partial charge in [0.2, 0.25) is 6.54 Å². The number of aromatic nitrogens is 1. The number of pyridine rings is 1. The predicted octanol–water partition coefficient (Wildman–Crippen LogP) is -1.81. The highest BCUT2D eigenvalue weighted by molar-refractivity contribution is 6.28. The number of carbonyl (C=O) groups excluding carboxylic acids is 1. The quantitative estimate of drug-likeness (QED) is 0.371. The van der Waals surface area contributed by atoms with Gasteiger partial charge in [-0.3, -0.25) is 0 Å².